The molecule has 8 heteroatoms. The van der Waals surface area contributed by atoms with Crippen molar-refractivity contribution in [3.8, 4) is 0 Å². The Bertz CT molecular complexity index is 911. The van der Waals surface area contributed by atoms with Crippen LogP contribution in [0.15, 0.2) is 24.3 Å². The van der Waals surface area contributed by atoms with Gasteiger partial charge in [0.25, 0.3) is 0 Å². The summed E-state index contributed by atoms with van der Waals surface area (Å²) < 4.78 is 17.2. The molecule has 304 valence electrons. The van der Waals surface area contributed by atoms with E-state index >= 15 is 0 Å². The Balaban J connectivity index is 4.33. The molecule has 1 N–H and O–H groups in total. The summed E-state index contributed by atoms with van der Waals surface area (Å²) in [5.74, 6) is -1.48. The lowest BCUT2D eigenvalue weighted by atomic mass is 10.0. The van der Waals surface area contributed by atoms with Crippen LogP contribution >= 0.6 is 0 Å². The summed E-state index contributed by atoms with van der Waals surface area (Å²) in [7, 11) is 5.52. The van der Waals surface area contributed by atoms with Crippen LogP contribution in [0.25, 0.3) is 0 Å². The molecule has 52 heavy (non-hydrogen) atoms. The zero-order chi connectivity index (χ0) is 38.5. The van der Waals surface area contributed by atoms with Crippen LogP contribution in [0.3, 0.4) is 0 Å². The fourth-order valence-electron chi connectivity index (χ4n) is 6.31. The molecule has 0 radical (unpaired) electrons. The third kappa shape index (κ3) is 33.6. The first-order valence-electron chi connectivity index (χ1n) is 21.4. The molecule has 0 aromatic rings. The van der Waals surface area contributed by atoms with Crippen LogP contribution in [0.4, 0.5) is 0 Å². The van der Waals surface area contributed by atoms with Gasteiger partial charge in [-0.05, 0) is 38.5 Å². The van der Waals surface area contributed by atoms with E-state index in [9.17, 15) is 19.5 Å². The van der Waals surface area contributed by atoms with Gasteiger partial charge in [0.15, 0.2) is 12.1 Å². The predicted octanol–water partition coefficient (Wildman–Crippen LogP) is 11.3. The second-order valence-corrected chi connectivity index (χ2v) is 15.6. The van der Waals surface area contributed by atoms with Gasteiger partial charge in [0.1, 0.15) is 6.61 Å². The van der Waals surface area contributed by atoms with Crippen molar-refractivity contribution in [1.82, 2.24) is 0 Å². The fourth-order valence-corrected chi connectivity index (χ4v) is 6.31. The quantitative estimate of drug-likeness (QED) is 0.0291. The summed E-state index contributed by atoms with van der Waals surface area (Å²) in [6.45, 7) is 4.62. The average molecular weight is 737 g/mol. The third-order valence-corrected chi connectivity index (χ3v) is 9.62. The molecule has 0 aliphatic rings. The van der Waals surface area contributed by atoms with Gasteiger partial charge in [-0.3, -0.25) is 9.59 Å². The van der Waals surface area contributed by atoms with Crippen LogP contribution in [0, 0.1) is 0 Å². The number of hydrogen-bond donors (Lipinski definition) is 1. The van der Waals surface area contributed by atoms with E-state index in [-0.39, 0.29) is 36.2 Å². The number of aliphatic carboxylic acids is 1. The van der Waals surface area contributed by atoms with E-state index in [4.69, 9.17) is 14.2 Å². The van der Waals surface area contributed by atoms with Gasteiger partial charge in [0.05, 0.1) is 34.4 Å². The fraction of sp³-hybridized carbons (Fsp3) is 0.841. The Kier molecular flexibility index (Phi) is 34.3. The maximum atomic E-state index is 12.7. The summed E-state index contributed by atoms with van der Waals surface area (Å²) in [6.07, 6.45) is 37.9. The highest BCUT2D eigenvalue weighted by atomic mass is 16.6. The van der Waals surface area contributed by atoms with Crippen molar-refractivity contribution >= 4 is 17.9 Å². The molecule has 0 aliphatic carbocycles. The van der Waals surface area contributed by atoms with Crippen molar-refractivity contribution in [3.63, 3.8) is 0 Å². The summed E-state index contributed by atoms with van der Waals surface area (Å²) in [5, 5.41) is 9.60. The van der Waals surface area contributed by atoms with E-state index in [1.807, 2.05) is 21.1 Å². The van der Waals surface area contributed by atoms with Crippen LogP contribution in [-0.4, -0.2) is 80.6 Å². The minimum atomic E-state index is -0.876. The Hall–Kier alpha value is -2.19. The van der Waals surface area contributed by atoms with Crippen LogP contribution < -0.4 is 0 Å². The van der Waals surface area contributed by atoms with Crippen molar-refractivity contribution in [1.29, 1.82) is 0 Å². The summed E-state index contributed by atoms with van der Waals surface area (Å²) in [6, 6.07) is -0.613. The van der Waals surface area contributed by atoms with E-state index < -0.39 is 18.1 Å². The Labute approximate surface area is 320 Å². The zero-order valence-electron chi connectivity index (χ0n) is 34.5. The molecule has 0 aromatic carbocycles. The molecule has 0 bridgehead atoms. The topological polar surface area (TPSA) is 99.1 Å². The molecule has 0 spiro atoms. The molecule has 0 heterocycles. The van der Waals surface area contributed by atoms with Gasteiger partial charge in [0, 0.05) is 19.3 Å². The van der Waals surface area contributed by atoms with Gasteiger partial charge in [-0.15, -0.1) is 0 Å². The lowest BCUT2D eigenvalue weighted by molar-refractivity contribution is -0.887. The standard InChI is InChI=1S/C44H81NO7/c1-6-8-10-12-14-16-18-20-21-22-23-25-26-28-30-32-34-42(46)51-39-40(38-50-37-36-41(44(48)49)45(3,4)5)52-43(47)35-33-31-29-27-24-19-17-15-13-11-9-7-2/h9,11,15,17,40-41H,6-8,10,12-14,16,18-39H2,1-5H3/p+1/b11-9+,17-15+. The number of hydrogen-bond acceptors (Lipinski definition) is 6. The first-order chi connectivity index (χ1) is 25.1. The van der Waals surface area contributed by atoms with E-state index in [0.29, 0.717) is 19.3 Å². The second kappa shape index (κ2) is 35.8. The SMILES string of the molecule is CC/C=C/C/C=C/CCCCCCCC(=O)OC(COCCC(C(=O)O)[N+](C)(C)C)COC(=O)CCCCCCCCCCCCCCCCCC. The van der Waals surface area contributed by atoms with Crippen molar-refractivity contribution in [2.75, 3.05) is 41.0 Å². The molecule has 0 aliphatic heterocycles. The van der Waals surface area contributed by atoms with E-state index in [1.165, 1.54) is 83.5 Å². The van der Waals surface area contributed by atoms with Crippen molar-refractivity contribution in [2.24, 2.45) is 0 Å². The van der Waals surface area contributed by atoms with E-state index in [2.05, 4.69) is 38.2 Å². The lowest BCUT2D eigenvalue weighted by Crippen LogP contribution is -2.50. The second-order valence-electron chi connectivity index (χ2n) is 15.6. The van der Waals surface area contributed by atoms with Gasteiger partial charge >= 0.3 is 17.9 Å². The zero-order valence-corrected chi connectivity index (χ0v) is 34.5. The molecule has 2 unspecified atom stereocenters. The van der Waals surface area contributed by atoms with Crippen LogP contribution in [0.5, 0.6) is 0 Å². The molecule has 0 rings (SSSR count). The number of nitrogens with zero attached hydrogens (tertiary/aromatic N) is 1. The average Bonchev–Trinajstić information content (AvgIpc) is 3.09. The first-order valence-corrected chi connectivity index (χ1v) is 21.4. The monoisotopic (exact) mass is 737 g/mol. The van der Waals surface area contributed by atoms with Crippen molar-refractivity contribution in [2.45, 2.75) is 199 Å². The molecule has 0 fully saturated rings. The molecular formula is C44H82NO7+. The summed E-state index contributed by atoms with van der Waals surface area (Å²) in [4.78, 5) is 36.9. The van der Waals surface area contributed by atoms with Crippen LogP contribution in [0.1, 0.15) is 187 Å². The van der Waals surface area contributed by atoms with Crippen LogP contribution in [0.2, 0.25) is 0 Å². The number of carbonyl (C=O) groups excluding carboxylic acids is 2. The van der Waals surface area contributed by atoms with E-state index in [1.54, 1.807) is 0 Å². The maximum Gasteiger partial charge on any atom is 0.362 e. The number of likely N-dealkylation sites (N-methyl/N-ethyl adjacent to an activating group) is 1. The highest BCUT2D eigenvalue weighted by molar-refractivity contribution is 5.72. The minimum Gasteiger partial charge on any atom is -0.477 e. The van der Waals surface area contributed by atoms with Crippen molar-refractivity contribution in [3.05, 3.63) is 24.3 Å². The minimum absolute atomic E-state index is 0.0527. The number of ether oxygens (including phenoxy) is 3. The first kappa shape index (κ1) is 49.8. The Morgan fingerprint density at radius 1 is 0.596 bits per heavy atom. The number of unbranched alkanes of at least 4 members (excludes halogenated alkanes) is 20. The third-order valence-electron chi connectivity index (χ3n) is 9.62. The Morgan fingerprint density at radius 3 is 1.58 bits per heavy atom. The number of quaternary nitrogens is 1. The number of carboxylic acids is 1. The van der Waals surface area contributed by atoms with Gasteiger partial charge < -0.3 is 23.8 Å². The molecule has 8 nitrogen and oxygen atoms in total. The number of esters is 2. The van der Waals surface area contributed by atoms with Gasteiger partial charge in [-0.25, -0.2) is 4.79 Å². The maximum absolute atomic E-state index is 12.7. The smallest absolute Gasteiger partial charge is 0.362 e. The van der Waals surface area contributed by atoms with E-state index in [0.717, 1.165) is 70.6 Å². The van der Waals surface area contributed by atoms with Gasteiger partial charge in [-0.2, -0.15) is 0 Å². The highest BCUT2D eigenvalue weighted by Gasteiger charge is 2.31. The van der Waals surface area contributed by atoms with Crippen molar-refractivity contribution < 1.29 is 38.2 Å². The number of allylic oxidation sites excluding steroid dienone is 4. The Morgan fingerprint density at radius 2 is 1.08 bits per heavy atom. The number of carboxylic acid groups (broad SMARTS) is 1. The molecular weight excluding hydrogens is 654 g/mol. The van der Waals surface area contributed by atoms with Gasteiger partial charge in [-0.1, -0.05) is 154 Å². The molecule has 0 saturated heterocycles. The lowest BCUT2D eigenvalue weighted by Gasteiger charge is -2.31. The highest BCUT2D eigenvalue weighted by Crippen LogP contribution is 2.15. The van der Waals surface area contributed by atoms with Gasteiger partial charge in [0.2, 0.25) is 0 Å². The number of rotatable bonds is 38. The summed E-state index contributed by atoms with van der Waals surface area (Å²) >= 11 is 0. The summed E-state index contributed by atoms with van der Waals surface area (Å²) in [5.41, 5.74) is 0. The van der Waals surface area contributed by atoms with Crippen LogP contribution in [-0.2, 0) is 28.6 Å². The molecule has 0 saturated carbocycles. The predicted molar refractivity (Wildman–Crippen MR) is 215 cm³/mol. The number of carbonyl (C=O) groups is 3. The molecule has 0 aromatic heterocycles. The molecule has 2 atom stereocenters. The largest absolute Gasteiger partial charge is 0.477 e. The normalized spacial score (nSPS) is 13.2. The molecule has 0 amide bonds.